The van der Waals surface area contributed by atoms with Crippen LogP contribution in [0.1, 0.15) is 16.9 Å². The number of nitrogens with zero attached hydrogens (tertiary/aromatic N) is 1. The van der Waals surface area contributed by atoms with Gasteiger partial charge >= 0.3 is 0 Å². The maximum absolute atomic E-state index is 5.72. The first-order valence-electron chi connectivity index (χ1n) is 5.54. The summed E-state index contributed by atoms with van der Waals surface area (Å²) in [4.78, 5) is 0. The van der Waals surface area contributed by atoms with Gasteiger partial charge in [0.2, 0.25) is 0 Å². The van der Waals surface area contributed by atoms with E-state index >= 15 is 0 Å². The van der Waals surface area contributed by atoms with Gasteiger partial charge in [-0.2, -0.15) is 0 Å². The smallest absolute Gasteiger partial charge is 0.159 e. The Labute approximate surface area is 100 Å². The second-order valence-electron chi connectivity index (χ2n) is 3.97. The highest BCUT2D eigenvalue weighted by atomic mass is 16.5. The molecule has 0 aliphatic rings. The molecule has 4 nitrogen and oxygen atoms in total. The fourth-order valence-electron chi connectivity index (χ4n) is 1.91. The van der Waals surface area contributed by atoms with Crippen LogP contribution in [-0.4, -0.2) is 12.3 Å². The van der Waals surface area contributed by atoms with Crippen molar-refractivity contribution in [2.24, 2.45) is 0 Å². The number of hydrogen-bond donors (Lipinski definition) is 1. The minimum Gasteiger partial charge on any atom is -0.496 e. The second kappa shape index (κ2) is 4.91. The van der Waals surface area contributed by atoms with Gasteiger partial charge < -0.3 is 15.0 Å². The van der Waals surface area contributed by atoms with Crippen LogP contribution in [-0.2, 0) is 12.8 Å². The van der Waals surface area contributed by atoms with E-state index in [0.717, 1.165) is 35.5 Å². The quantitative estimate of drug-likeness (QED) is 0.879. The minimum absolute atomic E-state index is 0.608. The van der Waals surface area contributed by atoms with Crippen molar-refractivity contribution in [3.63, 3.8) is 0 Å². The van der Waals surface area contributed by atoms with Crippen molar-refractivity contribution in [3.05, 3.63) is 41.3 Å². The van der Waals surface area contributed by atoms with Gasteiger partial charge in [-0.15, -0.1) is 0 Å². The molecule has 0 aliphatic carbocycles. The molecule has 2 aromatic rings. The molecule has 90 valence electrons. The average molecular weight is 232 g/mol. The van der Waals surface area contributed by atoms with E-state index in [1.165, 1.54) is 6.20 Å². The van der Waals surface area contributed by atoms with E-state index in [2.05, 4.69) is 11.2 Å². The molecule has 0 bridgehead atoms. The van der Waals surface area contributed by atoms with Gasteiger partial charge in [0.1, 0.15) is 5.75 Å². The molecule has 1 aromatic carbocycles. The summed E-state index contributed by atoms with van der Waals surface area (Å²) in [6.45, 7) is 2.03. The Balaban J connectivity index is 2.14. The molecule has 0 amide bonds. The summed E-state index contributed by atoms with van der Waals surface area (Å²) in [6.07, 6.45) is 3.08. The Morgan fingerprint density at radius 3 is 2.82 bits per heavy atom. The van der Waals surface area contributed by atoms with Crippen LogP contribution in [0.25, 0.3) is 0 Å². The molecule has 2 N–H and O–H groups in total. The normalized spacial score (nSPS) is 10.5. The van der Waals surface area contributed by atoms with Gasteiger partial charge in [0.25, 0.3) is 0 Å². The van der Waals surface area contributed by atoms with Gasteiger partial charge in [0.15, 0.2) is 5.76 Å². The molecule has 0 spiro atoms. The second-order valence-corrected chi connectivity index (χ2v) is 3.97. The predicted octanol–water partition coefficient (Wildman–Crippen LogP) is 2.36. The third-order valence-corrected chi connectivity index (χ3v) is 2.80. The van der Waals surface area contributed by atoms with Crippen LogP contribution >= 0.6 is 0 Å². The lowest BCUT2D eigenvalue weighted by molar-refractivity contribution is 0.381. The molecule has 0 saturated carbocycles. The van der Waals surface area contributed by atoms with Gasteiger partial charge in [-0.25, -0.2) is 0 Å². The van der Waals surface area contributed by atoms with E-state index in [1.54, 1.807) is 7.11 Å². The number of para-hydroxylation sites is 1. The van der Waals surface area contributed by atoms with Crippen molar-refractivity contribution >= 4 is 5.69 Å². The standard InChI is InChI=1S/C13H16N2O2/c1-9-4-3-5-10(13(9)16-2)6-7-12-11(14)8-15-17-12/h3-5,8H,6-7,14H2,1-2H3. The zero-order valence-electron chi connectivity index (χ0n) is 10.1. The Bertz CT molecular complexity index is 506. The molecule has 2 rings (SSSR count). The van der Waals surface area contributed by atoms with E-state index in [9.17, 15) is 0 Å². The fourth-order valence-corrected chi connectivity index (χ4v) is 1.91. The lowest BCUT2D eigenvalue weighted by atomic mass is 10.0. The van der Waals surface area contributed by atoms with Crippen molar-refractivity contribution < 1.29 is 9.26 Å². The Morgan fingerprint density at radius 2 is 2.18 bits per heavy atom. The number of nitrogens with two attached hydrogens (primary N) is 1. The number of benzene rings is 1. The summed E-state index contributed by atoms with van der Waals surface area (Å²) in [7, 11) is 1.69. The minimum atomic E-state index is 0.608. The van der Waals surface area contributed by atoms with Crippen molar-refractivity contribution in [2.45, 2.75) is 19.8 Å². The molecule has 1 heterocycles. The third-order valence-electron chi connectivity index (χ3n) is 2.80. The molecule has 0 unspecified atom stereocenters. The molecular weight excluding hydrogens is 216 g/mol. The number of nitrogen functional groups attached to an aromatic ring is 1. The van der Waals surface area contributed by atoms with Crippen molar-refractivity contribution in [2.75, 3.05) is 12.8 Å². The first-order valence-corrected chi connectivity index (χ1v) is 5.54. The van der Waals surface area contributed by atoms with Crippen molar-refractivity contribution in [1.29, 1.82) is 0 Å². The van der Waals surface area contributed by atoms with Gasteiger partial charge in [-0.1, -0.05) is 23.4 Å². The maximum Gasteiger partial charge on any atom is 0.159 e. The first-order chi connectivity index (χ1) is 8.22. The lowest BCUT2D eigenvalue weighted by Crippen LogP contribution is -1.98. The van der Waals surface area contributed by atoms with Crippen LogP contribution in [0.3, 0.4) is 0 Å². The average Bonchev–Trinajstić information content (AvgIpc) is 2.72. The SMILES string of the molecule is COc1c(C)cccc1CCc1oncc1N. The molecule has 0 atom stereocenters. The zero-order valence-corrected chi connectivity index (χ0v) is 10.1. The summed E-state index contributed by atoms with van der Waals surface area (Å²) in [6, 6.07) is 6.11. The van der Waals surface area contributed by atoms with Gasteiger partial charge in [-0.3, -0.25) is 0 Å². The summed E-state index contributed by atoms with van der Waals surface area (Å²) in [5.74, 6) is 1.67. The molecule has 0 fully saturated rings. The highest BCUT2D eigenvalue weighted by Crippen LogP contribution is 2.25. The monoisotopic (exact) mass is 232 g/mol. The van der Waals surface area contributed by atoms with Crippen LogP contribution in [0, 0.1) is 6.92 Å². The first kappa shape index (κ1) is 11.5. The number of aromatic nitrogens is 1. The highest BCUT2D eigenvalue weighted by Gasteiger charge is 2.09. The molecular formula is C13H16N2O2. The zero-order chi connectivity index (χ0) is 12.3. The van der Waals surface area contributed by atoms with Crippen LogP contribution in [0.5, 0.6) is 5.75 Å². The third kappa shape index (κ3) is 2.41. The number of methoxy groups -OCH3 is 1. The number of anilines is 1. The van der Waals surface area contributed by atoms with Gasteiger partial charge in [0.05, 0.1) is 19.0 Å². The molecule has 1 aromatic heterocycles. The summed E-state index contributed by atoms with van der Waals surface area (Å²) >= 11 is 0. The fraction of sp³-hybridized carbons (Fsp3) is 0.308. The topological polar surface area (TPSA) is 61.3 Å². The van der Waals surface area contributed by atoms with Crippen LogP contribution in [0.4, 0.5) is 5.69 Å². The maximum atomic E-state index is 5.72. The molecule has 4 heteroatoms. The van der Waals surface area contributed by atoms with Gasteiger partial charge in [-0.05, 0) is 24.5 Å². The number of hydrogen-bond acceptors (Lipinski definition) is 4. The van der Waals surface area contributed by atoms with E-state index in [1.807, 2.05) is 19.1 Å². The molecule has 0 aliphatic heterocycles. The Morgan fingerprint density at radius 1 is 1.35 bits per heavy atom. The molecule has 17 heavy (non-hydrogen) atoms. The summed E-state index contributed by atoms with van der Waals surface area (Å²) in [5, 5.41) is 3.66. The van der Waals surface area contributed by atoms with E-state index in [0.29, 0.717) is 5.69 Å². The largest absolute Gasteiger partial charge is 0.496 e. The van der Waals surface area contributed by atoms with Crippen LogP contribution in [0.2, 0.25) is 0 Å². The molecule has 0 radical (unpaired) electrons. The highest BCUT2D eigenvalue weighted by molar-refractivity contribution is 5.42. The lowest BCUT2D eigenvalue weighted by Gasteiger charge is -2.10. The predicted molar refractivity (Wildman–Crippen MR) is 66.1 cm³/mol. The number of ether oxygens (including phenoxy) is 1. The number of rotatable bonds is 4. The summed E-state index contributed by atoms with van der Waals surface area (Å²) < 4.78 is 10.5. The van der Waals surface area contributed by atoms with E-state index in [4.69, 9.17) is 15.0 Å². The summed E-state index contributed by atoms with van der Waals surface area (Å²) in [5.41, 5.74) is 8.62. The van der Waals surface area contributed by atoms with Crippen LogP contribution < -0.4 is 10.5 Å². The van der Waals surface area contributed by atoms with Crippen molar-refractivity contribution in [3.8, 4) is 5.75 Å². The van der Waals surface area contributed by atoms with Crippen molar-refractivity contribution in [1.82, 2.24) is 5.16 Å². The van der Waals surface area contributed by atoms with E-state index in [-0.39, 0.29) is 0 Å². The van der Waals surface area contributed by atoms with E-state index < -0.39 is 0 Å². The Hall–Kier alpha value is -1.97. The number of aryl methyl sites for hydroxylation is 3. The molecule has 0 saturated heterocycles. The van der Waals surface area contributed by atoms with Crippen LogP contribution in [0.15, 0.2) is 28.9 Å². The van der Waals surface area contributed by atoms with Gasteiger partial charge in [0, 0.05) is 6.42 Å². The Kier molecular flexibility index (Phi) is 3.32.